The van der Waals surface area contributed by atoms with Crippen LogP contribution < -0.4 is 5.32 Å². The number of carbonyl (C=O) groups is 2. The molecular weight excluding hydrogens is 247 g/mol. The van der Waals surface area contributed by atoms with Crippen molar-refractivity contribution < 1.29 is 14.0 Å². The molecule has 1 aliphatic heterocycles. The number of hydrogen-bond donors (Lipinski definition) is 1. The second-order valence-electron chi connectivity index (χ2n) is 4.67. The van der Waals surface area contributed by atoms with Gasteiger partial charge in [-0.05, 0) is 31.0 Å². The Bertz CT molecular complexity index is 468. The monoisotopic (exact) mass is 264 g/mol. The zero-order valence-corrected chi connectivity index (χ0v) is 10.7. The van der Waals surface area contributed by atoms with Crippen LogP contribution in [0.4, 0.5) is 10.1 Å². The van der Waals surface area contributed by atoms with Crippen LogP contribution >= 0.6 is 0 Å². The molecule has 1 heterocycles. The second-order valence-corrected chi connectivity index (χ2v) is 4.67. The number of anilines is 1. The number of likely N-dealkylation sites (tertiary alicyclic amines) is 1. The van der Waals surface area contributed by atoms with Gasteiger partial charge in [-0.15, -0.1) is 0 Å². The Morgan fingerprint density at radius 2 is 1.79 bits per heavy atom. The molecule has 0 unspecified atom stereocenters. The Morgan fingerprint density at radius 1 is 1.11 bits per heavy atom. The van der Waals surface area contributed by atoms with E-state index in [2.05, 4.69) is 5.32 Å². The summed E-state index contributed by atoms with van der Waals surface area (Å²) in [4.78, 5) is 25.3. The molecule has 5 heteroatoms. The molecule has 0 radical (unpaired) electrons. The van der Waals surface area contributed by atoms with Gasteiger partial charge in [0, 0.05) is 18.8 Å². The number of hydrogen-bond acceptors (Lipinski definition) is 2. The van der Waals surface area contributed by atoms with Crippen molar-refractivity contribution in [1.82, 2.24) is 4.90 Å². The second kappa shape index (κ2) is 6.31. The largest absolute Gasteiger partial charge is 0.334 e. The average Bonchev–Trinajstić information content (AvgIpc) is 2.66. The lowest BCUT2D eigenvalue weighted by Crippen LogP contribution is -2.40. The van der Waals surface area contributed by atoms with Crippen LogP contribution in [0.15, 0.2) is 24.3 Å². The Hall–Kier alpha value is -1.91. The maximum atomic E-state index is 13.0. The number of amides is 2. The fourth-order valence-corrected chi connectivity index (χ4v) is 2.17. The first-order valence-corrected chi connectivity index (χ1v) is 6.52. The van der Waals surface area contributed by atoms with E-state index < -0.39 is 17.6 Å². The minimum absolute atomic E-state index is 0.299. The molecule has 4 nitrogen and oxygen atoms in total. The van der Waals surface area contributed by atoms with E-state index in [9.17, 15) is 14.0 Å². The number of halogens is 1. The minimum atomic E-state index is -0.701. The first kappa shape index (κ1) is 13.5. The molecule has 1 saturated heterocycles. The summed E-state index contributed by atoms with van der Waals surface area (Å²) in [6.45, 7) is 1.24. The number of nitrogens with one attached hydrogen (secondary N) is 1. The Balaban J connectivity index is 1.97. The van der Waals surface area contributed by atoms with Crippen molar-refractivity contribution >= 4 is 17.5 Å². The maximum Gasteiger partial charge on any atom is 0.313 e. The van der Waals surface area contributed by atoms with Crippen LogP contribution in [0.1, 0.15) is 25.7 Å². The Morgan fingerprint density at radius 3 is 2.42 bits per heavy atom. The van der Waals surface area contributed by atoms with Crippen LogP contribution in [-0.4, -0.2) is 29.8 Å². The van der Waals surface area contributed by atoms with Gasteiger partial charge < -0.3 is 10.2 Å². The van der Waals surface area contributed by atoms with Crippen LogP contribution in [0.5, 0.6) is 0 Å². The molecule has 0 bridgehead atoms. The van der Waals surface area contributed by atoms with Crippen molar-refractivity contribution in [1.29, 1.82) is 0 Å². The summed E-state index contributed by atoms with van der Waals surface area (Å²) in [7, 11) is 0. The molecule has 1 aliphatic rings. The predicted molar refractivity (Wildman–Crippen MR) is 70.1 cm³/mol. The van der Waals surface area contributed by atoms with Gasteiger partial charge in [0.05, 0.1) is 0 Å². The number of rotatable bonds is 1. The lowest BCUT2D eigenvalue weighted by Gasteiger charge is -2.19. The normalized spacial score (nSPS) is 15.7. The van der Waals surface area contributed by atoms with Gasteiger partial charge in [-0.3, -0.25) is 9.59 Å². The number of benzene rings is 1. The summed E-state index contributed by atoms with van der Waals surface area (Å²) in [5.74, 6) is -1.68. The SMILES string of the molecule is O=C(Nc1cccc(F)c1)C(=O)N1CCCCCC1. The zero-order valence-electron chi connectivity index (χ0n) is 10.7. The highest BCUT2D eigenvalue weighted by atomic mass is 19.1. The van der Waals surface area contributed by atoms with E-state index in [1.807, 2.05) is 0 Å². The highest BCUT2D eigenvalue weighted by Gasteiger charge is 2.22. The first-order chi connectivity index (χ1) is 9.16. The van der Waals surface area contributed by atoms with Gasteiger partial charge in [0.15, 0.2) is 0 Å². The quantitative estimate of drug-likeness (QED) is 0.790. The molecule has 1 aromatic rings. The molecule has 1 aromatic carbocycles. The molecule has 0 spiro atoms. The highest BCUT2D eigenvalue weighted by Crippen LogP contribution is 2.12. The summed E-state index contributed by atoms with van der Waals surface area (Å²) < 4.78 is 13.0. The summed E-state index contributed by atoms with van der Waals surface area (Å²) in [6, 6.07) is 5.51. The van der Waals surface area contributed by atoms with Crippen molar-refractivity contribution in [2.45, 2.75) is 25.7 Å². The van der Waals surface area contributed by atoms with Gasteiger partial charge in [-0.25, -0.2) is 4.39 Å². The minimum Gasteiger partial charge on any atom is -0.334 e. The molecule has 0 saturated carbocycles. The van der Waals surface area contributed by atoms with E-state index in [4.69, 9.17) is 0 Å². The van der Waals surface area contributed by atoms with Crippen molar-refractivity contribution in [3.63, 3.8) is 0 Å². The fraction of sp³-hybridized carbons (Fsp3) is 0.429. The van der Waals surface area contributed by atoms with Crippen molar-refractivity contribution in [2.24, 2.45) is 0 Å². The third-order valence-electron chi connectivity index (χ3n) is 3.17. The average molecular weight is 264 g/mol. The Labute approximate surface area is 111 Å². The van der Waals surface area contributed by atoms with Crippen LogP contribution in [0.25, 0.3) is 0 Å². The van der Waals surface area contributed by atoms with E-state index in [1.165, 1.54) is 18.2 Å². The molecule has 0 aliphatic carbocycles. The summed E-state index contributed by atoms with van der Waals surface area (Å²) in [5, 5.41) is 2.43. The molecular formula is C14H17FN2O2. The molecule has 2 rings (SSSR count). The van der Waals surface area contributed by atoms with Crippen molar-refractivity contribution in [3.8, 4) is 0 Å². The van der Waals surface area contributed by atoms with Crippen LogP contribution in [0, 0.1) is 5.82 Å². The maximum absolute atomic E-state index is 13.0. The smallest absolute Gasteiger partial charge is 0.313 e. The molecule has 19 heavy (non-hydrogen) atoms. The molecule has 102 valence electrons. The van der Waals surface area contributed by atoms with Crippen LogP contribution in [0.3, 0.4) is 0 Å². The van der Waals surface area contributed by atoms with E-state index >= 15 is 0 Å². The fourth-order valence-electron chi connectivity index (χ4n) is 2.17. The van der Waals surface area contributed by atoms with Gasteiger partial charge in [0.1, 0.15) is 5.82 Å². The number of nitrogens with zero attached hydrogens (tertiary/aromatic N) is 1. The molecule has 0 aromatic heterocycles. The first-order valence-electron chi connectivity index (χ1n) is 6.52. The third-order valence-corrected chi connectivity index (χ3v) is 3.17. The topological polar surface area (TPSA) is 49.4 Å². The van der Waals surface area contributed by atoms with E-state index in [0.717, 1.165) is 25.7 Å². The summed E-state index contributed by atoms with van der Waals surface area (Å²) >= 11 is 0. The molecule has 1 fully saturated rings. The predicted octanol–water partition coefficient (Wildman–Crippen LogP) is 2.17. The van der Waals surface area contributed by atoms with Gasteiger partial charge in [-0.2, -0.15) is 0 Å². The summed E-state index contributed by atoms with van der Waals surface area (Å²) in [5.41, 5.74) is 0.299. The van der Waals surface area contributed by atoms with E-state index in [1.54, 1.807) is 11.0 Å². The zero-order chi connectivity index (χ0) is 13.7. The van der Waals surface area contributed by atoms with Crippen LogP contribution in [-0.2, 0) is 9.59 Å². The van der Waals surface area contributed by atoms with Gasteiger partial charge >= 0.3 is 11.8 Å². The van der Waals surface area contributed by atoms with E-state index in [0.29, 0.717) is 18.8 Å². The van der Waals surface area contributed by atoms with E-state index in [-0.39, 0.29) is 0 Å². The van der Waals surface area contributed by atoms with Gasteiger partial charge in [0.25, 0.3) is 0 Å². The van der Waals surface area contributed by atoms with Crippen molar-refractivity contribution in [3.05, 3.63) is 30.1 Å². The lowest BCUT2D eigenvalue weighted by molar-refractivity contribution is -0.143. The van der Waals surface area contributed by atoms with Crippen LogP contribution in [0.2, 0.25) is 0 Å². The molecule has 0 atom stereocenters. The Kier molecular flexibility index (Phi) is 4.49. The highest BCUT2D eigenvalue weighted by molar-refractivity contribution is 6.39. The standard InChI is InChI=1S/C14H17FN2O2/c15-11-6-5-7-12(10-11)16-13(18)14(19)17-8-3-1-2-4-9-17/h5-7,10H,1-4,8-9H2,(H,16,18). The van der Waals surface area contributed by atoms with Gasteiger partial charge in [0.2, 0.25) is 0 Å². The van der Waals surface area contributed by atoms with Crippen molar-refractivity contribution in [2.75, 3.05) is 18.4 Å². The molecule has 2 amide bonds. The number of carbonyl (C=O) groups excluding carboxylic acids is 2. The lowest BCUT2D eigenvalue weighted by atomic mass is 10.2. The summed E-state index contributed by atoms with van der Waals surface area (Å²) in [6.07, 6.45) is 4.04. The third kappa shape index (κ3) is 3.77. The van der Waals surface area contributed by atoms with Gasteiger partial charge in [-0.1, -0.05) is 18.9 Å². The molecule has 1 N–H and O–H groups in total.